The van der Waals surface area contributed by atoms with Crippen molar-refractivity contribution in [1.29, 1.82) is 0 Å². The molecule has 94 valence electrons. The Morgan fingerprint density at radius 1 is 1.11 bits per heavy atom. The van der Waals surface area contributed by atoms with E-state index in [1.807, 2.05) is 0 Å². The van der Waals surface area contributed by atoms with E-state index in [2.05, 4.69) is 21.2 Å². The predicted molar refractivity (Wildman–Crippen MR) is 72.8 cm³/mol. The third-order valence-corrected chi connectivity index (χ3v) is 3.29. The van der Waals surface area contributed by atoms with Gasteiger partial charge in [-0.2, -0.15) is 0 Å². The largest absolute Gasteiger partial charge is 0.379 e. The molecule has 0 aliphatic rings. The molecule has 2 rings (SSSR count). The van der Waals surface area contributed by atoms with Crippen LogP contribution in [0.2, 0.25) is 5.02 Å². The molecular formula is C13H9BrClF2N. The summed E-state index contributed by atoms with van der Waals surface area (Å²) >= 11 is 9.15. The van der Waals surface area contributed by atoms with E-state index in [1.54, 1.807) is 12.1 Å². The van der Waals surface area contributed by atoms with E-state index in [4.69, 9.17) is 11.6 Å². The van der Waals surface area contributed by atoms with E-state index < -0.39 is 5.82 Å². The van der Waals surface area contributed by atoms with Crippen LogP contribution in [0.4, 0.5) is 14.5 Å². The summed E-state index contributed by atoms with van der Waals surface area (Å²) in [7, 11) is 0. The summed E-state index contributed by atoms with van der Waals surface area (Å²) in [5.41, 5.74) is 1.37. The lowest BCUT2D eigenvalue weighted by Gasteiger charge is -2.11. The van der Waals surface area contributed by atoms with Crippen molar-refractivity contribution in [2.24, 2.45) is 0 Å². The Morgan fingerprint density at radius 2 is 1.89 bits per heavy atom. The molecule has 1 N–H and O–H groups in total. The zero-order chi connectivity index (χ0) is 13.1. The van der Waals surface area contributed by atoms with Crippen LogP contribution in [0.3, 0.4) is 0 Å². The zero-order valence-electron chi connectivity index (χ0n) is 9.18. The van der Waals surface area contributed by atoms with Gasteiger partial charge in [0, 0.05) is 11.0 Å². The molecule has 0 aliphatic carbocycles. The second kappa shape index (κ2) is 5.67. The SMILES string of the molecule is Fc1cccc(CNc2c(Cl)cc(F)cc2Br)c1. The summed E-state index contributed by atoms with van der Waals surface area (Å²) in [4.78, 5) is 0. The lowest BCUT2D eigenvalue weighted by atomic mass is 10.2. The zero-order valence-corrected chi connectivity index (χ0v) is 11.5. The van der Waals surface area contributed by atoms with Crippen LogP contribution in [0.15, 0.2) is 40.9 Å². The Hall–Kier alpha value is -1.13. The van der Waals surface area contributed by atoms with Crippen molar-refractivity contribution in [2.45, 2.75) is 6.54 Å². The molecule has 0 aromatic heterocycles. The second-order valence-electron chi connectivity index (χ2n) is 3.73. The van der Waals surface area contributed by atoms with E-state index in [-0.39, 0.29) is 10.8 Å². The Kier molecular flexibility index (Phi) is 4.19. The summed E-state index contributed by atoms with van der Waals surface area (Å²) in [6.07, 6.45) is 0. The van der Waals surface area contributed by atoms with Crippen LogP contribution in [0.5, 0.6) is 0 Å². The first kappa shape index (κ1) is 13.3. The highest BCUT2D eigenvalue weighted by molar-refractivity contribution is 9.10. The molecule has 5 heteroatoms. The van der Waals surface area contributed by atoms with Crippen molar-refractivity contribution in [2.75, 3.05) is 5.32 Å². The second-order valence-corrected chi connectivity index (χ2v) is 4.99. The molecule has 0 aliphatic heterocycles. The number of nitrogens with one attached hydrogen (secondary N) is 1. The van der Waals surface area contributed by atoms with Gasteiger partial charge < -0.3 is 5.32 Å². The third-order valence-electron chi connectivity index (χ3n) is 2.37. The molecule has 18 heavy (non-hydrogen) atoms. The van der Waals surface area contributed by atoms with Gasteiger partial charge in [-0.1, -0.05) is 23.7 Å². The van der Waals surface area contributed by atoms with E-state index in [0.29, 0.717) is 16.7 Å². The molecule has 2 aromatic carbocycles. The van der Waals surface area contributed by atoms with Crippen molar-refractivity contribution in [3.63, 3.8) is 0 Å². The van der Waals surface area contributed by atoms with Gasteiger partial charge in [0.25, 0.3) is 0 Å². The average molecular weight is 333 g/mol. The lowest BCUT2D eigenvalue weighted by Crippen LogP contribution is -2.01. The van der Waals surface area contributed by atoms with Crippen LogP contribution in [-0.2, 0) is 6.54 Å². The van der Waals surface area contributed by atoms with Gasteiger partial charge in [-0.15, -0.1) is 0 Å². The normalized spacial score (nSPS) is 10.4. The first-order valence-electron chi connectivity index (χ1n) is 5.19. The Bertz CT molecular complexity index is 552. The fourth-order valence-corrected chi connectivity index (χ4v) is 2.51. The summed E-state index contributed by atoms with van der Waals surface area (Å²) in [5, 5.41) is 3.32. The first-order valence-corrected chi connectivity index (χ1v) is 6.36. The number of rotatable bonds is 3. The van der Waals surface area contributed by atoms with Gasteiger partial charge in [-0.05, 0) is 45.8 Å². The smallest absolute Gasteiger partial charge is 0.125 e. The Labute approximate surface area is 117 Å². The minimum Gasteiger partial charge on any atom is -0.379 e. The lowest BCUT2D eigenvalue weighted by molar-refractivity contribution is 0.626. The topological polar surface area (TPSA) is 12.0 Å². The molecule has 0 bridgehead atoms. The Balaban J connectivity index is 2.16. The quantitative estimate of drug-likeness (QED) is 0.834. The van der Waals surface area contributed by atoms with Crippen molar-refractivity contribution in [3.8, 4) is 0 Å². The number of halogens is 4. The fourth-order valence-electron chi connectivity index (χ4n) is 1.55. The highest BCUT2D eigenvalue weighted by Crippen LogP contribution is 2.32. The van der Waals surface area contributed by atoms with Crippen molar-refractivity contribution in [1.82, 2.24) is 0 Å². The number of anilines is 1. The minimum absolute atomic E-state index is 0.276. The summed E-state index contributed by atoms with van der Waals surface area (Å²) in [6, 6.07) is 8.78. The van der Waals surface area contributed by atoms with E-state index in [0.717, 1.165) is 5.56 Å². The van der Waals surface area contributed by atoms with Gasteiger partial charge in [0.05, 0.1) is 10.7 Å². The average Bonchev–Trinajstić information content (AvgIpc) is 2.27. The number of hydrogen-bond donors (Lipinski definition) is 1. The van der Waals surface area contributed by atoms with Crippen LogP contribution in [-0.4, -0.2) is 0 Å². The molecule has 0 fully saturated rings. The van der Waals surface area contributed by atoms with E-state index >= 15 is 0 Å². The van der Waals surface area contributed by atoms with Crippen molar-refractivity contribution >= 4 is 33.2 Å². The summed E-state index contributed by atoms with van der Waals surface area (Å²) in [5.74, 6) is -0.707. The van der Waals surface area contributed by atoms with Crippen LogP contribution >= 0.6 is 27.5 Å². The Morgan fingerprint density at radius 3 is 2.56 bits per heavy atom. The highest BCUT2D eigenvalue weighted by atomic mass is 79.9. The highest BCUT2D eigenvalue weighted by Gasteiger charge is 2.07. The summed E-state index contributed by atoms with van der Waals surface area (Å²) in [6.45, 7) is 0.404. The molecule has 2 aromatic rings. The van der Waals surface area contributed by atoms with Gasteiger partial charge in [-0.25, -0.2) is 8.78 Å². The predicted octanol–water partition coefficient (Wildman–Crippen LogP) is 4.99. The summed E-state index contributed by atoms with van der Waals surface area (Å²) < 4.78 is 26.6. The fraction of sp³-hybridized carbons (Fsp3) is 0.0769. The van der Waals surface area contributed by atoms with E-state index in [9.17, 15) is 8.78 Å². The van der Waals surface area contributed by atoms with Crippen LogP contribution in [0.25, 0.3) is 0 Å². The molecule has 0 unspecified atom stereocenters. The third kappa shape index (κ3) is 3.21. The molecule has 0 spiro atoms. The van der Waals surface area contributed by atoms with Crippen molar-refractivity contribution in [3.05, 3.63) is 63.1 Å². The molecular weight excluding hydrogens is 324 g/mol. The minimum atomic E-state index is -0.414. The van der Waals surface area contributed by atoms with Crippen LogP contribution < -0.4 is 5.32 Å². The molecule has 0 atom stereocenters. The number of hydrogen-bond acceptors (Lipinski definition) is 1. The van der Waals surface area contributed by atoms with E-state index in [1.165, 1.54) is 24.3 Å². The maximum atomic E-state index is 13.0. The monoisotopic (exact) mass is 331 g/mol. The van der Waals surface area contributed by atoms with Gasteiger partial charge in [-0.3, -0.25) is 0 Å². The van der Waals surface area contributed by atoms with Crippen molar-refractivity contribution < 1.29 is 8.78 Å². The molecule has 0 saturated carbocycles. The van der Waals surface area contributed by atoms with Gasteiger partial charge in [0.1, 0.15) is 11.6 Å². The van der Waals surface area contributed by atoms with Crippen LogP contribution in [0.1, 0.15) is 5.56 Å². The van der Waals surface area contributed by atoms with Gasteiger partial charge in [0.15, 0.2) is 0 Å². The molecule has 1 nitrogen and oxygen atoms in total. The van der Waals surface area contributed by atoms with Gasteiger partial charge in [0.2, 0.25) is 0 Å². The number of benzene rings is 2. The molecule has 0 heterocycles. The maximum Gasteiger partial charge on any atom is 0.125 e. The maximum absolute atomic E-state index is 13.0. The van der Waals surface area contributed by atoms with Gasteiger partial charge >= 0.3 is 0 Å². The molecule has 0 saturated heterocycles. The van der Waals surface area contributed by atoms with Crippen LogP contribution in [0, 0.1) is 11.6 Å². The first-order chi connectivity index (χ1) is 8.56. The standard InChI is InChI=1S/C13H9BrClF2N/c14-11-5-10(17)6-12(15)13(11)18-7-8-2-1-3-9(16)4-8/h1-6,18H,7H2. The molecule has 0 radical (unpaired) electrons. The molecule has 0 amide bonds.